The maximum absolute atomic E-state index is 13.0. The summed E-state index contributed by atoms with van der Waals surface area (Å²) in [6.45, 7) is 2.01. The lowest BCUT2D eigenvalue weighted by Gasteiger charge is -2.08. The molecule has 0 saturated heterocycles. The second kappa shape index (κ2) is 8.30. The zero-order chi connectivity index (χ0) is 20.1. The zero-order valence-electron chi connectivity index (χ0n) is 14.5. The molecule has 0 aliphatic carbocycles. The van der Waals surface area contributed by atoms with Crippen molar-refractivity contribution in [3.05, 3.63) is 47.2 Å². The summed E-state index contributed by atoms with van der Waals surface area (Å²) in [7, 11) is 0. The van der Waals surface area contributed by atoms with E-state index < -0.39 is 17.7 Å². The van der Waals surface area contributed by atoms with Gasteiger partial charge in [-0.1, -0.05) is 18.3 Å². The Kier molecular flexibility index (Phi) is 5.83. The average molecular weight is 409 g/mol. The first-order chi connectivity index (χ1) is 13.4. The van der Waals surface area contributed by atoms with Gasteiger partial charge in [0.15, 0.2) is 5.13 Å². The number of anilines is 2. The largest absolute Gasteiger partial charge is 0.461 e. The fraction of sp³-hybridized carbons (Fsp3) is 0.235. The van der Waals surface area contributed by atoms with E-state index in [0.717, 1.165) is 29.7 Å². The molecule has 0 radical (unpaired) electrons. The van der Waals surface area contributed by atoms with Gasteiger partial charge >= 0.3 is 12.1 Å². The van der Waals surface area contributed by atoms with Gasteiger partial charge in [-0.15, -0.1) is 0 Å². The number of nitrogens with one attached hydrogen (secondary N) is 1. The third-order valence-electron chi connectivity index (χ3n) is 3.36. The fourth-order valence-electron chi connectivity index (χ4n) is 2.14. The molecule has 0 unspecified atom stereocenters. The number of ether oxygens (including phenoxy) is 1. The highest BCUT2D eigenvalue weighted by Crippen LogP contribution is 2.35. The molecule has 1 N–H and O–H groups in total. The van der Waals surface area contributed by atoms with Crippen molar-refractivity contribution < 1.29 is 22.7 Å². The topological polar surface area (TPSA) is 89.9 Å². The van der Waals surface area contributed by atoms with E-state index in [-0.39, 0.29) is 34.0 Å². The molecule has 0 saturated carbocycles. The Morgan fingerprint density at radius 1 is 1.21 bits per heavy atom. The van der Waals surface area contributed by atoms with Gasteiger partial charge in [0.1, 0.15) is 10.6 Å². The Bertz CT molecular complexity index is 963. The molecule has 146 valence electrons. The summed E-state index contributed by atoms with van der Waals surface area (Å²) >= 11 is 0.923. The van der Waals surface area contributed by atoms with Gasteiger partial charge in [0.25, 0.3) is 0 Å². The number of carbonyl (C=O) groups excluding carboxylic acids is 1. The molecule has 0 amide bonds. The van der Waals surface area contributed by atoms with Gasteiger partial charge in [0, 0.05) is 18.6 Å². The summed E-state index contributed by atoms with van der Waals surface area (Å²) in [4.78, 5) is 28.6. The molecule has 3 aromatic heterocycles. The Morgan fingerprint density at radius 3 is 2.64 bits per heavy atom. The number of alkyl halides is 3. The van der Waals surface area contributed by atoms with Crippen LogP contribution < -0.4 is 5.32 Å². The standard InChI is InChI=1S/C17H14F3N5O2S/c1-2-8-27-14(26)13-12(11-9-10(4-7-21-11)17(18,19)20)24-16(28-13)25-15-22-5-3-6-23-15/h3-7,9H,2,8H2,1H3,(H,22,23,24,25). The van der Waals surface area contributed by atoms with Crippen molar-refractivity contribution in [2.75, 3.05) is 11.9 Å². The molecule has 0 spiro atoms. The van der Waals surface area contributed by atoms with E-state index >= 15 is 0 Å². The summed E-state index contributed by atoms with van der Waals surface area (Å²) in [6.07, 6.45) is 0.0928. The van der Waals surface area contributed by atoms with E-state index in [4.69, 9.17) is 4.74 Å². The lowest BCUT2D eigenvalue weighted by Crippen LogP contribution is -2.07. The Morgan fingerprint density at radius 2 is 1.96 bits per heavy atom. The fourth-order valence-corrected chi connectivity index (χ4v) is 3.00. The van der Waals surface area contributed by atoms with Crippen LogP contribution in [0.4, 0.5) is 24.3 Å². The summed E-state index contributed by atoms with van der Waals surface area (Å²) < 4.78 is 44.2. The molecule has 0 aliphatic heterocycles. The number of thiazole rings is 1. The number of pyridine rings is 1. The number of carbonyl (C=O) groups is 1. The van der Waals surface area contributed by atoms with Crippen molar-refractivity contribution >= 4 is 28.4 Å². The molecule has 7 nitrogen and oxygen atoms in total. The highest BCUT2D eigenvalue weighted by Gasteiger charge is 2.32. The number of nitrogens with zero attached hydrogens (tertiary/aromatic N) is 4. The molecule has 0 fully saturated rings. The van der Waals surface area contributed by atoms with Crippen LogP contribution in [0, 0.1) is 0 Å². The molecule has 0 aliphatic rings. The quantitative estimate of drug-likeness (QED) is 0.606. The third-order valence-corrected chi connectivity index (χ3v) is 4.32. The molecule has 3 aromatic rings. The Hall–Kier alpha value is -3.08. The highest BCUT2D eigenvalue weighted by molar-refractivity contribution is 7.18. The van der Waals surface area contributed by atoms with Gasteiger partial charge in [-0.3, -0.25) is 4.98 Å². The smallest absolute Gasteiger partial charge is 0.416 e. The van der Waals surface area contributed by atoms with Crippen LogP contribution in [-0.4, -0.2) is 32.5 Å². The minimum absolute atomic E-state index is 0.00404. The Balaban J connectivity index is 2.01. The molecule has 3 heterocycles. The normalized spacial score (nSPS) is 11.3. The summed E-state index contributed by atoms with van der Waals surface area (Å²) in [6, 6.07) is 3.31. The van der Waals surface area contributed by atoms with Crippen molar-refractivity contribution in [2.45, 2.75) is 19.5 Å². The van der Waals surface area contributed by atoms with Crippen molar-refractivity contribution in [2.24, 2.45) is 0 Å². The van der Waals surface area contributed by atoms with E-state index in [0.29, 0.717) is 6.42 Å². The second-order valence-electron chi connectivity index (χ2n) is 5.46. The SMILES string of the molecule is CCCOC(=O)c1sc(Nc2ncccn2)nc1-c1cc(C(F)(F)F)ccn1. The molecule has 3 rings (SSSR count). The first kappa shape index (κ1) is 19.7. The van der Waals surface area contributed by atoms with Crippen LogP contribution in [0.3, 0.4) is 0 Å². The average Bonchev–Trinajstić information content (AvgIpc) is 3.10. The van der Waals surface area contributed by atoms with E-state index in [9.17, 15) is 18.0 Å². The van der Waals surface area contributed by atoms with Crippen molar-refractivity contribution in [3.8, 4) is 11.4 Å². The van der Waals surface area contributed by atoms with Crippen LogP contribution in [0.1, 0.15) is 28.6 Å². The maximum atomic E-state index is 13.0. The van der Waals surface area contributed by atoms with E-state index in [1.807, 2.05) is 6.92 Å². The second-order valence-corrected chi connectivity index (χ2v) is 6.46. The van der Waals surface area contributed by atoms with Gasteiger partial charge < -0.3 is 10.1 Å². The van der Waals surface area contributed by atoms with E-state index in [1.165, 1.54) is 12.4 Å². The van der Waals surface area contributed by atoms with Gasteiger partial charge in [0.05, 0.1) is 17.9 Å². The maximum Gasteiger partial charge on any atom is 0.416 e. The number of hydrogen-bond acceptors (Lipinski definition) is 8. The predicted molar refractivity (Wildman–Crippen MR) is 96.2 cm³/mol. The third kappa shape index (κ3) is 4.60. The lowest BCUT2D eigenvalue weighted by molar-refractivity contribution is -0.137. The van der Waals surface area contributed by atoms with Gasteiger partial charge in [0.2, 0.25) is 5.95 Å². The zero-order valence-corrected chi connectivity index (χ0v) is 15.3. The molecular formula is C17H14F3N5O2S. The van der Waals surface area contributed by atoms with Gasteiger partial charge in [-0.05, 0) is 24.6 Å². The monoisotopic (exact) mass is 409 g/mol. The number of aromatic nitrogens is 4. The predicted octanol–water partition coefficient (Wildman–Crippen LogP) is 4.32. The van der Waals surface area contributed by atoms with Crippen LogP contribution in [0.5, 0.6) is 0 Å². The number of esters is 1. The molecule has 0 atom stereocenters. The highest BCUT2D eigenvalue weighted by atomic mass is 32.1. The van der Waals surface area contributed by atoms with Crippen LogP contribution in [-0.2, 0) is 10.9 Å². The van der Waals surface area contributed by atoms with Crippen LogP contribution >= 0.6 is 11.3 Å². The molecular weight excluding hydrogens is 395 g/mol. The number of rotatable bonds is 6. The van der Waals surface area contributed by atoms with Crippen LogP contribution in [0.15, 0.2) is 36.8 Å². The molecule has 0 bridgehead atoms. The summed E-state index contributed by atoms with van der Waals surface area (Å²) in [5.41, 5.74) is -0.980. The van der Waals surface area contributed by atoms with E-state index in [1.54, 1.807) is 6.07 Å². The van der Waals surface area contributed by atoms with E-state index in [2.05, 4.69) is 25.3 Å². The lowest BCUT2D eigenvalue weighted by atomic mass is 10.1. The molecule has 0 aromatic carbocycles. The minimum Gasteiger partial charge on any atom is -0.461 e. The van der Waals surface area contributed by atoms with Gasteiger partial charge in [-0.25, -0.2) is 19.7 Å². The van der Waals surface area contributed by atoms with Crippen molar-refractivity contribution in [1.82, 2.24) is 19.9 Å². The van der Waals surface area contributed by atoms with Gasteiger partial charge in [-0.2, -0.15) is 13.2 Å². The number of hydrogen-bond donors (Lipinski definition) is 1. The van der Waals surface area contributed by atoms with Crippen LogP contribution in [0.2, 0.25) is 0 Å². The number of halogens is 3. The first-order valence-electron chi connectivity index (χ1n) is 8.14. The van der Waals surface area contributed by atoms with Crippen molar-refractivity contribution in [3.63, 3.8) is 0 Å². The summed E-state index contributed by atoms with van der Waals surface area (Å²) in [5.74, 6) is -0.455. The molecule has 28 heavy (non-hydrogen) atoms. The summed E-state index contributed by atoms with van der Waals surface area (Å²) in [5, 5.41) is 3.04. The minimum atomic E-state index is -4.55. The van der Waals surface area contributed by atoms with Crippen LogP contribution in [0.25, 0.3) is 11.4 Å². The molecule has 11 heteroatoms. The Labute approximate surface area is 161 Å². The first-order valence-corrected chi connectivity index (χ1v) is 8.95. The van der Waals surface area contributed by atoms with Crippen molar-refractivity contribution in [1.29, 1.82) is 0 Å².